The van der Waals surface area contributed by atoms with Crippen LogP contribution in [0.15, 0.2) is 4.99 Å². The third-order valence-corrected chi connectivity index (χ3v) is 4.46. The van der Waals surface area contributed by atoms with Crippen LogP contribution in [0.25, 0.3) is 0 Å². The number of hydrogen-bond acceptors (Lipinski definition) is 7. The number of ether oxygens (including phenoxy) is 2. The lowest BCUT2D eigenvalue weighted by molar-refractivity contribution is -0.153. The van der Waals surface area contributed by atoms with Gasteiger partial charge in [-0.3, -0.25) is 9.59 Å². The van der Waals surface area contributed by atoms with Gasteiger partial charge in [0.25, 0.3) is 0 Å². The van der Waals surface area contributed by atoms with Crippen molar-refractivity contribution in [1.82, 2.24) is 0 Å². The van der Waals surface area contributed by atoms with Gasteiger partial charge in [0.2, 0.25) is 6.08 Å². The molecule has 0 spiro atoms. The first-order chi connectivity index (χ1) is 11.5. The Bertz CT molecular complexity index is 450. The summed E-state index contributed by atoms with van der Waals surface area (Å²) in [5.41, 5.74) is 5.42. The Labute approximate surface area is 143 Å². The van der Waals surface area contributed by atoms with Crippen molar-refractivity contribution in [3.05, 3.63) is 0 Å². The summed E-state index contributed by atoms with van der Waals surface area (Å²) in [7, 11) is 0. The number of nitrogens with zero attached hydrogens (tertiary/aromatic N) is 1. The van der Waals surface area contributed by atoms with Gasteiger partial charge in [0.05, 0.1) is 31.6 Å². The van der Waals surface area contributed by atoms with E-state index in [0.717, 1.165) is 25.7 Å². The molecule has 7 nitrogen and oxygen atoms in total. The number of isocyanates is 1. The fourth-order valence-electron chi connectivity index (χ4n) is 2.88. The van der Waals surface area contributed by atoms with Gasteiger partial charge >= 0.3 is 11.9 Å². The highest BCUT2D eigenvalue weighted by Crippen LogP contribution is 2.34. The lowest BCUT2D eigenvalue weighted by Crippen LogP contribution is -2.35. The van der Waals surface area contributed by atoms with Crippen molar-refractivity contribution >= 4 is 18.0 Å². The average molecular weight is 340 g/mol. The second-order valence-corrected chi connectivity index (χ2v) is 6.24. The molecule has 24 heavy (non-hydrogen) atoms. The van der Waals surface area contributed by atoms with Crippen molar-refractivity contribution in [3.63, 3.8) is 0 Å². The van der Waals surface area contributed by atoms with E-state index in [1.165, 1.54) is 6.08 Å². The molecule has 2 N–H and O–H groups in total. The van der Waals surface area contributed by atoms with Gasteiger partial charge < -0.3 is 15.2 Å². The summed E-state index contributed by atoms with van der Waals surface area (Å²) in [6.07, 6.45) is 4.94. The topological polar surface area (TPSA) is 108 Å². The van der Waals surface area contributed by atoms with E-state index in [1.54, 1.807) is 6.92 Å². The number of carbonyl (C=O) groups excluding carboxylic acids is 3. The number of nitrogens with two attached hydrogens (primary N) is 1. The van der Waals surface area contributed by atoms with E-state index >= 15 is 0 Å². The predicted molar refractivity (Wildman–Crippen MR) is 87.7 cm³/mol. The Hall–Kier alpha value is -1.72. The first-order valence-electron chi connectivity index (χ1n) is 8.62. The second-order valence-electron chi connectivity index (χ2n) is 6.24. The first-order valence-corrected chi connectivity index (χ1v) is 8.62. The number of carbonyl (C=O) groups is 2. The highest BCUT2D eigenvalue weighted by atomic mass is 16.5. The average Bonchev–Trinajstić information content (AvgIpc) is 2.46. The Balaban J connectivity index is 0.000000243. The van der Waals surface area contributed by atoms with Crippen molar-refractivity contribution in [2.75, 3.05) is 26.3 Å². The van der Waals surface area contributed by atoms with E-state index in [1.807, 2.05) is 6.92 Å². The molecule has 0 radical (unpaired) electrons. The fraction of sp³-hybridized carbons (Fsp3) is 0.824. The number of esters is 2. The maximum Gasteiger partial charge on any atom is 0.308 e. The van der Waals surface area contributed by atoms with Crippen LogP contribution in [0.2, 0.25) is 0 Å². The van der Waals surface area contributed by atoms with Crippen LogP contribution in [0.5, 0.6) is 0 Å². The minimum atomic E-state index is -0.117. The summed E-state index contributed by atoms with van der Waals surface area (Å²) in [6, 6.07) is 0. The Morgan fingerprint density at radius 3 is 1.83 bits per heavy atom. The molecule has 2 fully saturated rings. The van der Waals surface area contributed by atoms with Gasteiger partial charge in [-0.2, -0.15) is 0 Å². The van der Waals surface area contributed by atoms with Crippen molar-refractivity contribution < 1.29 is 23.9 Å². The normalized spacial score (nSPS) is 27.3. The summed E-state index contributed by atoms with van der Waals surface area (Å²) >= 11 is 0. The molecule has 0 amide bonds. The van der Waals surface area contributed by atoms with E-state index in [4.69, 9.17) is 15.2 Å². The number of hydrogen-bond donors (Lipinski definition) is 1. The van der Waals surface area contributed by atoms with Crippen LogP contribution in [-0.4, -0.2) is 44.3 Å². The highest BCUT2D eigenvalue weighted by molar-refractivity contribution is 5.73. The van der Waals surface area contributed by atoms with Crippen molar-refractivity contribution in [3.8, 4) is 0 Å². The molecule has 2 saturated carbocycles. The maximum atomic E-state index is 11.1. The second kappa shape index (κ2) is 10.9. The van der Waals surface area contributed by atoms with Gasteiger partial charge in [-0.15, -0.1) is 0 Å². The molecule has 0 heterocycles. The summed E-state index contributed by atoms with van der Waals surface area (Å²) in [5.74, 6) is 0.946. The van der Waals surface area contributed by atoms with Crippen molar-refractivity contribution in [1.29, 1.82) is 0 Å². The van der Waals surface area contributed by atoms with Crippen molar-refractivity contribution in [2.24, 2.45) is 34.4 Å². The summed E-state index contributed by atoms with van der Waals surface area (Å²) in [4.78, 5) is 35.4. The summed E-state index contributed by atoms with van der Waals surface area (Å²) < 4.78 is 9.71. The Kier molecular flexibility index (Phi) is 9.27. The molecule has 0 saturated heterocycles. The highest BCUT2D eigenvalue weighted by Gasteiger charge is 2.35. The molecular formula is C17H28N2O5. The molecular weight excluding hydrogens is 312 g/mol. The van der Waals surface area contributed by atoms with Gasteiger partial charge in [0.15, 0.2) is 0 Å². The van der Waals surface area contributed by atoms with E-state index in [9.17, 15) is 14.4 Å². The lowest BCUT2D eigenvalue weighted by Gasteiger charge is -2.32. The molecule has 0 atom stereocenters. The molecule has 0 bridgehead atoms. The summed E-state index contributed by atoms with van der Waals surface area (Å²) in [5, 5.41) is 0. The molecule has 0 unspecified atom stereocenters. The SMILES string of the molecule is CCOC(=O)C1CC(CN)C1.CCOC(=O)C1CC(CN=C=O)C1. The minimum absolute atomic E-state index is 0.0341. The van der Waals surface area contributed by atoms with Gasteiger partial charge in [-0.05, 0) is 57.9 Å². The molecule has 0 aromatic heterocycles. The first kappa shape index (κ1) is 20.3. The smallest absolute Gasteiger partial charge is 0.308 e. The number of aliphatic imine (C=N–C) groups is 1. The number of rotatable bonds is 7. The van der Waals surface area contributed by atoms with Gasteiger partial charge in [-0.25, -0.2) is 9.79 Å². The van der Waals surface area contributed by atoms with Crippen LogP contribution in [0.4, 0.5) is 0 Å². The van der Waals surface area contributed by atoms with Crippen LogP contribution in [0, 0.1) is 23.7 Å². The third kappa shape index (κ3) is 6.42. The van der Waals surface area contributed by atoms with E-state index in [2.05, 4.69) is 4.99 Å². The van der Waals surface area contributed by atoms with Crippen molar-refractivity contribution in [2.45, 2.75) is 39.5 Å². The fourth-order valence-corrected chi connectivity index (χ4v) is 2.88. The predicted octanol–water partition coefficient (Wildman–Crippen LogP) is 1.45. The van der Waals surface area contributed by atoms with Crippen LogP contribution in [-0.2, 0) is 23.9 Å². The quantitative estimate of drug-likeness (QED) is 0.427. The minimum Gasteiger partial charge on any atom is -0.466 e. The maximum absolute atomic E-state index is 11.1. The van der Waals surface area contributed by atoms with E-state index < -0.39 is 0 Å². The Morgan fingerprint density at radius 1 is 1.00 bits per heavy atom. The van der Waals surface area contributed by atoms with Crippen LogP contribution >= 0.6 is 0 Å². The molecule has 0 aromatic carbocycles. The standard InChI is InChI=1S/C9H13NO3.C8H15NO2/c1-2-13-9(12)8-3-7(4-8)5-10-6-11;1-2-11-8(10)7-3-6(4-7)5-9/h7-8H,2-5H2,1H3;6-7H,2-5,9H2,1H3. The molecule has 2 aliphatic carbocycles. The van der Waals surface area contributed by atoms with Gasteiger partial charge in [0.1, 0.15) is 0 Å². The zero-order valence-electron chi connectivity index (χ0n) is 14.5. The largest absolute Gasteiger partial charge is 0.466 e. The monoisotopic (exact) mass is 340 g/mol. The van der Waals surface area contributed by atoms with E-state index in [0.29, 0.717) is 38.1 Å². The van der Waals surface area contributed by atoms with Gasteiger partial charge in [-0.1, -0.05) is 0 Å². The third-order valence-electron chi connectivity index (χ3n) is 4.46. The molecule has 2 rings (SSSR count). The lowest BCUT2D eigenvalue weighted by atomic mass is 9.75. The Morgan fingerprint density at radius 2 is 1.46 bits per heavy atom. The summed E-state index contributed by atoms with van der Waals surface area (Å²) in [6.45, 7) is 5.76. The van der Waals surface area contributed by atoms with Crippen LogP contribution in [0.1, 0.15) is 39.5 Å². The molecule has 0 aromatic rings. The van der Waals surface area contributed by atoms with Crippen LogP contribution in [0.3, 0.4) is 0 Å². The molecule has 136 valence electrons. The molecule has 7 heteroatoms. The van der Waals surface area contributed by atoms with E-state index in [-0.39, 0.29) is 23.8 Å². The molecule has 2 aliphatic rings. The zero-order valence-corrected chi connectivity index (χ0v) is 14.5. The van der Waals surface area contributed by atoms with Crippen LogP contribution < -0.4 is 5.73 Å². The molecule has 0 aliphatic heterocycles. The van der Waals surface area contributed by atoms with Gasteiger partial charge in [0, 0.05) is 0 Å². The zero-order chi connectivity index (χ0) is 17.9.